The Morgan fingerprint density at radius 2 is 2.27 bits per heavy atom. The molecule has 2 rings (SSSR count). The highest BCUT2D eigenvalue weighted by atomic mass is 32.1. The first-order valence-electron chi connectivity index (χ1n) is 6.46. The molecule has 0 bridgehead atoms. The van der Waals surface area contributed by atoms with Gasteiger partial charge < -0.3 is 9.47 Å². The van der Waals surface area contributed by atoms with Gasteiger partial charge in [0.15, 0.2) is 23.9 Å². The summed E-state index contributed by atoms with van der Waals surface area (Å²) in [5.41, 5.74) is 3.19. The van der Waals surface area contributed by atoms with Gasteiger partial charge in [-0.1, -0.05) is 12.1 Å². The molecule has 0 saturated carbocycles. The van der Waals surface area contributed by atoms with E-state index in [1.54, 1.807) is 29.8 Å². The number of aryl methyl sites for hydroxylation is 1. The van der Waals surface area contributed by atoms with Crippen LogP contribution < -0.4 is 9.47 Å². The van der Waals surface area contributed by atoms with Crippen molar-refractivity contribution in [1.29, 1.82) is 5.26 Å². The Morgan fingerprint density at radius 1 is 1.45 bits per heavy atom. The standard InChI is InChI=1S/C16H14N2O3S/c1-11-16(22-10-18-11)13(19)5-3-12-4-6-14(21-8-7-17)15(9-12)20-2/h3-6,9-10H,8H2,1-2H3/b5-3+. The Balaban J connectivity index is 2.16. The van der Waals surface area contributed by atoms with Crippen molar-refractivity contribution in [3.05, 3.63) is 45.9 Å². The second-order valence-corrected chi connectivity index (χ2v) is 5.18. The number of hydrogen-bond acceptors (Lipinski definition) is 6. The van der Waals surface area contributed by atoms with Crippen LogP contribution in [0.4, 0.5) is 0 Å². The van der Waals surface area contributed by atoms with Gasteiger partial charge in [-0.15, -0.1) is 11.3 Å². The first kappa shape index (κ1) is 15.7. The molecule has 112 valence electrons. The Kier molecular flexibility index (Phi) is 5.28. The number of benzene rings is 1. The van der Waals surface area contributed by atoms with E-state index in [0.29, 0.717) is 16.4 Å². The van der Waals surface area contributed by atoms with Crippen LogP contribution in [-0.4, -0.2) is 24.5 Å². The topological polar surface area (TPSA) is 72.2 Å². The van der Waals surface area contributed by atoms with E-state index >= 15 is 0 Å². The van der Waals surface area contributed by atoms with Gasteiger partial charge in [0, 0.05) is 0 Å². The van der Waals surface area contributed by atoms with E-state index in [9.17, 15) is 4.79 Å². The van der Waals surface area contributed by atoms with Crippen molar-refractivity contribution < 1.29 is 14.3 Å². The summed E-state index contributed by atoms with van der Waals surface area (Å²) < 4.78 is 10.5. The minimum atomic E-state index is -0.0798. The van der Waals surface area contributed by atoms with Crippen molar-refractivity contribution in [3.8, 4) is 17.6 Å². The van der Waals surface area contributed by atoms with Crippen molar-refractivity contribution in [3.63, 3.8) is 0 Å². The van der Waals surface area contributed by atoms with Gasteiger partial charge in [0.1, 0.15) is 6.07 Å². The van der Waals surface area contributed by atoms with Crippen LogP contribution in [0, 0.1) is 18.3 Å². The van der Waals surface area contributed by atoms with Crippen molar-refractivity contribution >= 4 is 23.2 Å². The van der Waals surface area contributed by atoms with Crippen LogP contribution in [0.1, 0.15) is 20.9 Å². The summed E-state index contributed by atoms with van der Waals surface area (Å²) in [4.78, 5) is 16.8. The minimum absolute atomic E-state index is 0.0469. The molecule has 0 N–H and O–H groups in total. The molecule has 0 atom stereocenters. The highest BCUT2D eigenvalue weighted by Gasteiger charge is 2.09. The number of aromatic nitrogens is 1. The fraction of sp³-hybridized carbons (Fsp3) is 0.188. The molecule has 1 aromatic carbocycles. The number of hydrogen-bond donors (Lipinski definition) is 0. The van der Waals surface area contributed by atoms with E-state index in [4.69, 9.17) is 14.7 Å². The second-order valence-electron chi connectivity index (χ2n) is 4.32. The Hall–Kier alpha value is -2.65. The molecule has 0 amide bonds. The fourth-order valence-electron chi connectivity index (χ4n) is 1.80. The number of carbonyl (C=O) groups excluding carboxylic acids is 1. The summed E-state index contributed by atoms with van der Waals surface area (Å²) in [7, 11) is 1.52. The maximum atomic E-state index is 12.1. The molecule has 0 radical (unpaired) electrons. The van der Waals surface area contributed by atoms with Gasteiger partial charge in [-0.2, -0.15) is 5.26 Å². The van der Waals surface area contributed by atoms with Gasteiger partial charge >= 0.3 is 0 Å². The molecule has 0 aliphatic carbocycles. The third kappa shape index (κ3) is 3.71. The Bertz CT molecular complexity index is 744. The summed E-state index contributed by atoms with van der Waals surface area (Å²) in [6, 6.07) is 7.14. The molecule has 0 saturated heterocycles. The number of nitriles is 1. The lowest BCUT2D eigenvalue weighted by molar-refractivity contribution is 0.105. The molecule has 0 aliphatic rings. The summed E-state index contributed by atoms with van der Waals surface area (Å²) in [5, 5.41) is 8.54. The van der Waals surface area contributed by atoms with E-state index < -0.39 is 0 Å². The number of allylic oxidation sites excluding steroid dienone is 1. The SMILES string of the molecule is COc1cc(/C=C/C(=O)c2scnc2C)ccc1OCC#N. The zero-order chi connectivity index (χ0) is 15.9. The van der Waals surface area contributed by atoms with Crippen LogP contribution in [0.15, 0.2) is 29.8 Å². The summed E-state index contributed by atoms with van der Waals surface area (Å²) in [6.45, 7) is 1.76. The molecule has 2 aromatic rings. The minimum Gasteiger partial charge on any atom is -0.493 e. The van der Waals surface area contributed by atoms with Gasteiger partial charge in [0.2, 0.25) is 0 Å². The van der Waals surface area contributed by atoms with Gasteiger partial charge in [-0.05, 0) is 30.7 Å². The highest BCUT2D eigenvalue weighted by Crippen LogP contribution is 2.28. The van der Waals surface area contributed by atoms with Crippen LogP contribution in [0.2, 0.25) is 0 Å². The molecule has 1 heterocycles. The normalized spacial score (nSPS) is 10.4. The number of ketones is 1. The zero-order valence-electron chi connectivity index (χ0n) is 12.2. The number of nitrogens with zero attached hydrogens (tertiary/aromatic N) is 2. The molecule has 0 spiro atoms. The lowest BCUT2D eigenvalue weighted by Gasteiger charge is -2.08. The fourth-order valence-corrected chi connectivity index (χ4v) is 2.53. The number of thiazole rings is 1. The molecule has 0 aliphatic heterocycles. The third-order valence-electron chi connectivity index (χ3n) is 2.88. The Labute approximate surface area is 132 Å². The maximum absolute atomic E-state index is 12.1. The van der Waals surface area contributed by atoms with Gasteiger partial charge in [0.25, 0.3) is 0 Å². The molecule has 1 aromatic heterocycles. The van der Waals surface area contributed by atoms with Crippen molar-refractivity contribution in [1.82, 2.24) is 4.98 Å². The van der Waals surface area contributed by atoms with Crippen LogP contribution in [0.3, 0.4) is 0 Å². The summed E-state index contributed by atoms with van der Waals surface area (Å²) in [6.07, 6.45) is 3.21. The van der Waals surface area contributed by atoms with E-state index in [0.717, 1.165) is 11.3 Å². The number of rotatable bonds is 6. The molecular weight excluding hydrogens is 300 g/mol. The molecule has 0 fully saturated rings. The quantitative estimate of drug-likeness (QED) is 0.604. The van der Waals surface area contributed by atoms with Crippen molar-refractivity contribution in [2.75, 3.05) is 13.7 Å². The smallest absolute Gasteiger partial charge is 0.197 e. The molecule has 0 unspecified atom stereocenters. The number of carbonyl (C=O) groups is 1. The number of ether oxygens (including phenoxy) is 2. The first-order valence-corrected chi connectivity index (χ1v) is 7.34. The maximum Gasteiger partial charge on any atom is 0.197 e. The first-order chi connectivity index (χ1) is 10.7. The van der Waals surface area contributed by atoms with E-state index in [1.807, 2.05) is 13.0 Å². The average Bonchev–Trinajstić information content (AvgIpc) is 2.97. The average molecular weight is 314 g/mol. The van der Waals surface area contributed by atoms with Gasteiger partial charge in [-0.25, -0.2) is 4.98 Å². The van der Waals surface area contributed by atoms with Crippen molar-refractivity contribution in [2.24, 2.45) is 0 Å². The molecule has 6 heteroatoms. The predicted octanol–water partition coefficient (Wildman–Crippen LogP) is 3.26. The largest absolute Gasteiger partial charge is 0.493 e. The lowest BCUT2D eigenvalue weighted by Crippen LogP contribution is -1.97. The monoisotopic (exact) mass is 314 g/mol. The van der Waals surface area contributed by atoms with E-state index in [-0.39, 0.29) is 12.4 Å². The molecule has 22 heavy (non-hydrogen) atoms. The number of methoxy groups -OCH3 is 1. The highest BCUT2D eigenvalue weighted by molar-refractivity contribution is 7.12. The van der Waals surface area contributed by atoms with Crippen LogP contribution >= 0.6 is 11.3 Å². The molecular formula is C16H14N2O3S. The van der Waals surface area contributed by atoms with Gasteiger partial charge in [0.05, 0.1) is 23.2 Å². The zero-order valence-corrected chi connectivity index (χ0v) is 13.0. The lowest BCUT2D eigenvalue weighted by atomic mass is 10.1. The van der Waals surface area contributed by atoms with Gasteiger partial charge in [-0.3, -0.25) is 4.79 Å². The summed E-state index contributed by atoms with van der Waals surface area (Å²) in [5.74, 6) is 0.924. The summed E-state index contributed by atoms with van der Waals surface area (Å²) >= 11 is 1.32. The second kappa shape index (κ2) is 7.38. The predicted molar refractivity (Wildman–Crippen MR) is 84.3 cm³/mol. The van der Waals surface area contributed by atoms with E-state index in [2.05, 4.69) is 4.98 Å². The van der Waals surface area contributed by atoms with Crippen LogP contribution in [0.25, 0.3) is 6.08 Å². The third-order valence-corrected chi connectivity index (χ3v) is 3.82. The van der Waals surface area contributed by atoms with E-state index in [1.165, 1.54) is 24.5 Å². The van der Waals surface area contributed by atoms with Crippen LogP contribution in [-0.2, 0) is 0 Å². The van der Waals surface area contributed by atoms with Crippen LogP contribution in [0.5, 0.6) is 11.5 Å². The Morgan fingerprint density at radius 3 is 2.91 bits per heavy atom. The van der Waals surface area contributed by atoms with Crippen molar-refractivity contribution in [2.45, 2.75) is 6.92 Å². The molecule has 5 nitrogen and oxygen atoms in total.